The third-order valence-electron chi connectivity index (χ3n) is 2.29. The Morgan fingerprint density at radius 3 is 1.18 bits per heavy atom. The Balaban J connectivity index is 1.72. The molecule has 4 heterocycles. The molecule has 0 saturated carbocycles. The summed E-state index contributed by atoms with van der Waals surface area (Å²) in [6.45, 7) is -2.46. The lowest BCUT2D eigenvalue weighted by atomic mass is 10.1. The van der Waals surface area contributed by atoms with Crippen molar-refractivity contribution in [3.05, 3.63) is 24.8 Å². The van der Waals surface area contributed by atoms with Crippen molar-refractivity contribution in [3.8, 4) is 23.5 Å². The summed E-state index contributed by atoms with van der Waals surface area (Å²) < 4.78 is 21.5. The van der Waals surface area contributed by atoms with Gasteiger partial charge in [-0.3, -0.25) is 0 Å². The molecule has 0 aromatic carbocycles. The molecule has 0 fully saturated rings. The summed E-state index contributed by atoms with van der Waals surface area (Å²) in [5, 5.41) is 0. The molecule has 84 valence electrons. The molecule has 0 aliphatic carbocycles. The molecule has 1 spiro atoms. The molecule has 0 unspecified atom stereocenters. The van der Waals surface area contributed by atoms with Crippen molar-refractivity contribution < 1.29 is 18.6 Å². The van der Waals surface area contributed by atoms with Crippen LogP contribution < -0.4 is 18.6 Å². The summed E-state index contributed by atoms with van der Waals surface area (Å²) >= 11 is 0. The quantitative estimate of drug-likeness (QED) is 0.582. The minimum Gasteiger partial charge on any atom is -0.593 e. The van der Waals surface area contributed by atoms with Crippen LogP contribution >= 0.6 is 0 Å². The Labute approximate surface area is 94.6 Å². The second kappa shape index (κ2) is 2.76. The van der Waals surface area contributed by atoms with Crippen LogP contribution in [0.15, 0.2) is 24.8 Å². The van der Waals surface area contributed by atoms with Crippen molar-refractivity contribution in [1.82, 2.24) is 19.9 Å². The average Bonchev–Trinajstić information content (AvgIpc) is 2.87. The van der Waals surface area contributed by atoms with E-state index in [1.807, 2.05) is 0 Å². The standard InChI is InChI=1S/C8H4BN4O4/c1-2-11-6-5(10-1)14-9(15-6)16-7-8(17-9)13-4-3-12-7/h1-4H/q-1. The first kappa shape index (κ1) is 8.56. The van der Waals surface area contributed by atoms with Crippen LogP contribution in [0, 0.1) is 0 Å². The van der Waals surface area contributed by atoms with Crippen molar-refractivity contribution in [2.45, 2.75) is 0 Å². The predicted octanol–water partition coefficient (Wildman–Crippen LogP) is -0.0552. The maximum absolute atomic E-state index is 5.38. The molecule has 8 nitrogen and oxygen atoms in total. The zero-order valence-corrected chi connectivity index (χ0v) is 8.31. The van der Waals surface area contributed by atoms with E-state index in [4.69, 9.17) is 18.6 Å². The second-order valence-electron chi connectivity index (χ2n) is 3.38. The minimum absolute atomic E-state index is 0.223. The number of hydrogen-bond acceptors (Lipinski definition) is 8. The molecule has 17 heavy (non-hydrogen) atoms. The molecule has 0 radical (unpaired) electrons. The summed E-state index contributed by atoms with van der Waals surface area (Å²) in [7, 11) is 0. The van der Waals surface area contributed by atoms with Crippen molar-refractivity contribution >= 4 is 6.96 Å². The molecule has 2 aliphatic rings. The molecule has 2 aliphatic heterocycles. The van der Waals surface area contributed by atoms with Crippen LogP contribution in [0.4, 0.5) is 0 Å². The lowest BCUT2D eigenvalue weighted by Gasteiger charge is -2.25. The summed E-state index contributed by atoms with van der Waals surface area (Å²) in [6, 6.07) is 0. The van der Waals surface area contributed by atoms with Gasteiger partial charge in [0.25, 0.3) is 0 Å². The Morgan fingerprint density at radius 1 is 0.588 bits per heavy atom. The fourth-order valence-corrected chi connectivity index (χ4v) is 1.64. The second-order valence-corrected chi connectivity index (χ2v) is 3.38. The van der Waals surface area contributed by atoms with Gasteiger partial charge in [0.05, 0.1) is 0 Å². The van der Waals surface area contributed by atoms with Gasteiger partial charge < -0.3 is 18.6 Å². The maximum Gasteiger partial charge on any atom is 0.781 e. The van der Waals surface area contributed by atoms with Crippen LogP contribution in [0.2, 0.25) is 0 Å². The van der Waals surface area contributed by atoms with E-state index in [1.165, 1.54) is 24.8 Å². The third kappa shape index (κ3) is 1.13. The molecule has 0 amide bonds. The zero-order chi connectivity index (χ0) is 11.3. The lowest BCUT2D eigenvalue weighted by molar-refractivity contribution is 0.217. The summed E-state index contributed by atoms with van der Waals surface area (Å²) in [5.74, 6) is 0.890. The first-order chi connectivity index (χ1) is 8.35. The van der Waals surface area contributed by atoms with E-state index < -0.39 is 6.96 Å². The van der Waals surface area contributed by atoms with Crippen LogP contribution in [0.3, 0.4) is 0 Å². The number of rotatable bonds is 0. The summed E-state index contributed by atoms with van der Waals surface area (Å²) in [6.07, 6.45) is 5.93. The van der Waals surface area contributed by atoms with Gasteiger partial charge in [0, 0.05) is 24.8 Å². The molecule has 4 rings (SSSR count). The molecule has 2 aromatic heterocycles. The van der Waals surface area contributed by atoms with Crippen molar-refractivity contribution in [1.29, 1.82) is 0 Å². The van der Waals surface area contributed by atoms with Gasteiger partial charge in [-0.2, -0.15) is 0 Å². The number of nitrogens with zero attached hydrogens (tertiary/aromatic N) is 4. The fraction of sp³-hybridized carbons (Fsp3) is 0. The van der Waals surface area contributed by atoms with Crippen molar-refractivity contribution in [2.75, 3.05) is 0 Å². The van der Waals surface area contributed by atoms with E-state index >= 15 is 0 Å². The Hall–Kier alpha value is -2.58. The molecule has 2 aromatic rings. The van der Waals surface area contributed by atoms with Gasteiger partial charge in [-0.1, -0.05) is 0 Å². The monoisotopic (exact) mass is 231 g/mol. The Morgan fingerprint density at radius 2 is 0.882 bits per heavy atom. The lowest BCUT2D eigenvalue weighted by Crippen LogP contribution is -2.54. The summed E-state index contributed by atoms with van der Waals surface area (Å²) in [4.78, 5) is 15.8. The molecule has 0 saturated heterocycles. The molecular formula is C8H4BN4O4-. The topological polar surface area (TPSA) is 88.5 Å². The fourth-order valence-electron chi connectivity index (χ4n) is 1.64. The first-order valence-corrected chi connectivity index (χ1v) is 4.85. The number of aromatic nitrogens is 4. The van der Waals surface area contributed by atoms with Gasteiger partial charge in [-0.25, -0.2) is 19.9 Å². The zero-order valence-electron chi connectivity index (χ0n) is 8.31. The highest BCUT2D eigenvalue weighted by molar-refractivity contribution is 6.58. The van der Waals surface area contributed by atoms with E-state index in [0.29, 0.717) is 0 Å². The summed E-state index contributed by atoms with van der Waals surface area (Å²) in [5.41, 5.74) is 0. The third-order valence-corrected chi connectivity index (χ3v) is 2.29. The van der Waals surface area contributed by atoms with E-state index in [9.17, 15) is 0 Å². The SMILES string of the molecule is c1cnc2c(n1)O[B-]1(O2)Oc2nccnc2O1. The highest BCUT2D eigenvalue weighted by Gasteiger charge is 2.54. The van der Waals surface area contributed by atoms with Gasteiger partial charge in [-0.05, 0) is 0 Å². The Bertz CT molecular complexity index is 503. The van der Waals surface area contributed by atoms with E-state index in [0.717, 1.165) is 0 Å². The molecule has 0 atom stereocenters. The number of hydrogen-bond donors (Lipinski definition) is 0. The Kier molecular flexibility index (Phi) is 1.39. The van der Waals surface area contributed by atoms with Crippen LogP contribution in [-0.2, 0) is 0 Å². The van der Waals surface area contributed by atoms with Crippen molar-refractivity contribution in [3.63, 3.8) is 0 Å². The highest BCUT2D eigenvalue weighted by Crippen LogP contribution is 2.40. The maximum atomic E-state index is 5.38. The van der Waals surface area contributed by atoms with E-state index in [1.54, 1.807) is 0 Å². The van der Waals surface area contributed by atoms with Crippen LogP contribution in [0.1, 0.15) is 0 Å². The van der Waals surface area contributed by atoms with E-state index in [-0.39, 0.29) is 23.5 Å². The normalized spacial score (nSPS) is 17.4. The predicted molar refractivity (Wildman–Crippen MR) is 52.3 cm³/mol. The van der Waals surface area contributed by atoms with Crippen molar-refractivity contribution in [2.24, 2.45) is 0 Å². The smallest absolute Gasteiger partial charge is 0.593 e. The van der Waals surface area contributed by atoms with Crippen LogP contribution in [-0.4, -0.2) is 26.9 Å². The van der Waals surface area contributed by atoms with Gasteiger partial charge in [-0.15, -0.1) is 0 Å². The molecule has 9 heteroatoms. The highest BCUT2D eigenvalue weighted by atomic mass is 16.9. The van der Waals surface area contributed by atoms with E-state index in [2.05, 4.69) is 19.9 Å². The first-order valence-electron chi connectivity index (χ1n) is 4.85. The largest absolute Gasteiger partial charge is 0.781 e. The van der Waals surface area contributed by atoms with Crippen LogP contribution in [0.25, 0.3) is 0 Å². The van der Waals surface area contributed by atoms with Gasteiger partial charge in [0.15, 0.2) is 0 Å². The van der Waals surface area contributed by atoms with Gasteiger partial charge >= 0.3 is 6.96 Å². The average molecular weight is 231 g/mol. The number of fused-ring (bicyclic) bond motifs is 2. The van der Waals surface area contributed by atoms with Crippen LogP contribution in [0.5, 0.6) is 23.5 Å². The van der Waals surface area contributed by atoms with Gasteiger partial charge in [0.2, 0.25) is 23.5 Å². The van der Waals surface area contributed by atoms with Gasteiger partial charge in [0.1, 0.15) is 0 Å². The minimum atomic E-state index is -2.46. The molecular weight excluding hydrogens is 227 g/mol. The molecule has 0 bridgehead atoms. The molecule has 0 N–H and O–H groups in total.